The number of amides is 2. The van der Waals surface area contributed by atoms with E-state index in [4.69, 9.17) is 4.74 Å². The van der Waals surface area contributed by atoms with Crippen molar-refractivity contribution in [2.75, 3.05) is 30.0 Å². The average Bonchev–Trinajstić information content (AvgIpc) is 3.23. The Bertz CT molecular complexity index is 702. The first-order valence-electron chi connectivity index (χ1n) is 7.34. The molecule has 0 radical (unpaired) electrons. The standard InChI is InChI=1S/C16H17N3O3S/c1-18(16-17-7-9-23-16)15(21)11-22-13-5-2-4-12(10-13)19-8-3-6-14(19)20/h2,4-5,7,9-10H,3,6,8,11H2,1H3. The van der Waals surface area contributed by atoms with Crippen LogP contribution in [0.25, 0.3) is 0 Å². The summed E-state index contributed by atoms with van der Waals surface area (Å²) in [7, 11) is 1.67. The van der Waals surface area contributed by atoms with E-state index in [-0.39, 0.29) is 18.4 Å². The molecular weight excluding hydrogens is 314 g/mol. The molecule has 0 bridgehead atoms. The highest BCUT2D eigenvalue weighted by atomic mass is 32.1. The highest BCUT2D eigenvalue weighted by Gasteiger charge is 2.22. The maximum absolute atomic E-state index is 12.1. The number of hydrogen-bond acceptors (Lipinski definition) is 5. The molecule has 1 aromatic heterocycles. The monoisotopic (exact) mass is 331 g/mol. The Morgan fingerprint density at radius 1 is 1.48 bits per heavy atom. The van der Waals surface area contributed by atoms with E-state index in [0.717, 1.165) is 18.7 Å². The van der Waals surface area contributed by atoms with Crippen molar-refractivity contribution in [1.29, 1.82) is 0 Å². The summed E-state index contributed by atoms with van der Waals surface area (Å²) in [5.41, 5.74) is 0.811. The predicted octanol–water partition coefficient (Wildman–Crippen LogP) is 2.31. The van der Waals surface area contributed by atoms with Gasteiger partial charge in [0.05, 0.1) is 0 Å². The summed E-state index contributed by atoms with van der Waals surface area (Å²) < 4.78 is 5.57. The fourth-order valence-corrected chi connectivity index (χ4v) is 3.02. The van der Waals surface area contributed by atoms with Crippen LogP contribution in [-0.2, 0) is 9.59 Å². The fourth-order valence-electron chi connectivity index (χ4n) is 2.39. The third-order valence-corrected chi connectivity index (χ3v) is 4.49. The van der Waals surface area contributed by atoms with Gasteiger partial charge in [-0.2, -0.15) is 0 Å². The smallest absolute Gasteiger partial charge is 0.266 e. The van der Waals surface area contributed by atoms with Crippen molar-refractivity contribution in [3.63, 3.8) is 0 Å². The lowest BCUT2D eigenvalue weighted by Crippen LogP contribution is -2.31. The Hall–Kier alpha value is -2.41. The van der Waals surface area contributed by atoms with Crippen molar-refractivity contribution in [2.24, 2.45) is 0 Å². The molecular formula is C16H17N3O3S. The quantitative estimate of drug-likeness (QED) is 0.843. The molecule has 1 aromatic carbocycles. The van der Waals surface area contributed by atoms with Gasteiger partial charge in [0.2, 0.25) is 5.91 Å². The maximum atomic E-state index is 12.1. The van der Waals surface area contributed by atoms with Crippen LogP contribution in [-0.4, -0.2) is 37.0 Å². The third-order valence-electron chi connectivity index (χ3n) is 3.65. The van der Waals surface area contributed by atoms with E-state index in [1.54, 1.807) is 30.3 Å². The van der Waals surface area contributed by atoms with Crippen LogP contribution in [0.5, 0.6) is 5.75 Å². The number of aromatic nitrogens is 1. The molecule has 1 fully saturated rings. The number of carbonyl (C=O) groups is 2. The SMILES string of the molecule is CN(C(=O)COc1cccc(N2CCCC2=O)c1)c1nccs1. The molecule has 0 saturated carbocycles. The Labute approximate surface area is 138 Å². The number of ether oxygens (including phenoxy) is 1. The highest BCUT2D eigenvalue weighted by molar-refractivity contribution is 7.13. The summed E-state index contributed by atoms with van der Waals surface area (Å²) in [6.07, 6.45) is 3.12. The van der Waals surface area contributed by atoms with Gasteiger partial charge in [0, 0.05) is 43.3 Å². The van der Waals surface area contributed by atoms with Gasteiger partial charge < -0.3 is 9.64 Å². The minimum atomic E-state index is -0.178. The van der Waals surface area contributed by atoms with E-state index < -0.39 is 0 Å². The lowest BCUT2D eigenvalue weighted by atomic mass is 10.3. The largest absolute Gasteiger partial charge is 0.484 e. The molecule has 1 aliphatic heterocycles. The molecule has 6 nitrogen and oxygen atoms in total. The molecule has 7 heteroatoms. The zero-order valence-corrected chi connectivity index (χ0v) is 13.6. The van der Waals surface area contributed by atoms with Crippen LogP contribution in [0.2, 0.25) is 0 Å². The van der Waals surface area contributed by atoms with E-state index in [1.807, 2.05) is 17.5 Å². The molecule has 2 heterocycles. The fraction of sp³-hybridized carbons (Fsp3) is 0.312. The van der Waals surface area contributed by atoms with Gasteiger partial charge >= 0.3 is 0 Å². The number of nitrogens with zero attached hydrogens (tertiary/aromatic N) is 3. The van der Waals surface area contributed by atoms with Crippen LogP contribution >= 0.6 is 11.3 Å². The number of rotatable bonds is 5. The summed E-state index contributed by atoms with van der Waals surface area (Å²) in [5, 5.41) is 2.45. The topological polar surface area (TPSA) is 62.7 Å². The molecule has 23 heavy (non-hydrogen) atoms. The van der Waals surface area contributed by atoms with Crippen LogP contribution in [0.3, 0.4) is 0 Å². The second-order valence-electron chi connectivity index (χ2n) is 5.20. The molecule has 120 valence electrons. The minimum Gasteiger partial charge on any atom is -0.484 e. The second kappa shape index (κ2) is 6.78. The lowest BCUT2D eigenvalue weighted by molar-refractivity contribution is -0.120. The van der Waals surface area contributed by atoms with Crippen LogP contribution in [0.4, 0.5) is 10.8 Å². The van der Waals surface area contributed by atoms with Crippen LogP contribution in [0, 0.1) is 0 Å². The number of likely N-dealkylation sites (N-methyl/N-ethyl adjacent to an activating group) is 1. The highest BCUT2D eigenvalue weighted by Crippen LogP contribution is 2.25. The summed E-state index contributed by atoms with van der Waals surface area (Å²) >= 11 is 1.39. The zero-order valence-electron chi connectivity index (χ0n) is 12.8. The molecule has 3 rings (SSSR count). The first-order valence-corrected chi connectivity index (χ1v) is 8.22. The average molecular weight is 331 g/mol. The number of thiazole rings is 1. The van der Waals surface area contributed by atoms with E-state index in [0.29, 0.717) is 17.3 Å². The third kappa shape index (κ3) is 3.50. The van der Waals surface area contributed by atoms with Crippen molar-refractivity contribution >= 4 is 34.0 Å². The molecule has 2 aromatic rings. The summed E-state index contributed by atoms with van der Waals surface area (Å²) in [6, 6.07) is 7.27. The van der Waals surface area contributed by atoms with Gasteiger partial charge in [0.25, 0.3) is 5.91 Å². The Balaban J connectivity index is 1.62. The van der Waals surface area contributed by atoms with Gasteiger partial charge in [0.15, 0.2) is 11.7 Å². The van der Waals surface area contributed by atoms with Crippen molar-refractivity contribution < 1.29 is 14.3 Å². The van der Waals surface area contributed by atoms with Gasteiger partial charge in [-0.15, -0.1) is 11.3 Å². The first kappa shape index (κ1) is 15.5. The van der Waals surface area contributed by atoms with E-state index in [9.17, 15) is 9.59 Å². The van der Waals surface area contributed by atoms with Crippen molar-refractivity contribution in [3.8, 4) is 5.75 Å². The van der Waals surface area contributed by atoms with Crippen LogP contribution in [0.1, 0.15) is 12.8 Å². The number of hydrogen-bond donors (Lipinski definition) is 0. The van der Waals surface area contributed by atoms with Gasteiger partial charge in [-0.1, -0.05) is 6.07 Å². The Kier molecular flexibility index (Phi) is 4.57. The Morgan fingerprint density at radius 2 is 2.35 bits per heavy atom. The predicted molar refractivity (Wildman–Crippen MR) is 89.0 cm³/mol. The molecule has 0 N–H and O–H groups in total. The molecule has 0 atom stereocenters. The van der Waals surface area contributed by atoms with Gasteiger partial charge in [-0.25, -0.2) is 4.98 Å². The normalized spacial score (nSPS) is 14.1. The first-order chi connectivity index (χ1) is 11.1. The molecule has 0 aliphatic carbocycles. The molecule has 1 saturated heterocycles. The van der Waals surface area contributed by atoms with Crippen molar-refractivity contribution in [3.05, 3.63) is 35.8 Å². The van der Waals surface area contributed by atoms with Crippen molar-refractivity contribution in [1.82, 2.24) is 4.98 Å². The molecule has 0 unspecified atom stereocenters. The number of anilines is 2. The van der Waals surface area contributed by atoms with E-state index in [1.165, 1.54) is 16.2 Å². The van der Waals surface area contributed by atoms with Crippen molar-refractivity contribution in [2.45, 2.75) is 12.8 Å². The maximum Gasteiger partial charge on any atom is 0.266 e. The van der Waals surface area contributed by atoms with E-state index >= 15 is 0 Å². The minimum absolute atomic E-state index is 0.0759. The summed E-state index contributed by atoms with van der Waals surface area (Å²) in [6.45, 7) is 0.654. The van der Waals surface area contributed by atoms with Gasteiger partial charge in [-0.05, 0) is 18.6 Å². The van der Waals surface area contributed by atoms with Gasteiger partial charge in [-0.3, -0.25) is 14.5 Å². The second-order valence-corrected chi connectivity index (χ2v) is 6.08. The number of benzene rings is 1. The summed E-state index contributed by atoms with van der Waals surface area (Å²) in [5.74, 6) is 0.521. The lowest BCUT2D eigenvalue weighted by Gasteiger charge is -2.17. The molecule has 0 spiro atoms. The zero-order chi connectivity index (χ0) is 16.2. The Morgan fingerprint density at radius 3 is 3.04 bits per heavy atom. The summed E-state index contributed by atoms with van der Waals surface area (Å²) in [4.78, 5) is 31.2. The molecule has 2 amide bonds. The van der Waals surface area contributed by atoms with Crippen LogP contribution in [0.15, 0.2) is 35.8 Å². The number of carbonyl (C=O) groups excluding carboxylic acids is 2. The molecule has 1 aliphatic rings. The van der Waals surface area contributed by atoms with Gasteiger partial charge in [0.1, 0.15) is 5.75 Å². The van der Waals surface area contributed by atoms with Crippen LogP contribution < -0.4 is 14.5 Å². The van der Waals surface area contributed by atoms with E-state index in [2.05, 4.69) is 4.98 Å².